The van der Waals surface area contributed by atoms with E-state index >= 15 is 0 Å². The van der Waals surface area contributed by atoms with Crippen molar-refractivity contribution < 1.29 is 8.78 Å². The monoisotopic (exact) mass is 340 g/mol. The highest BCUT2D eigenvalue weighted by atomic mass is 32.2. The van der Waals surface area contributed by atoms with Gasteiger partial charge >= 0.3 is 0 Å². The summed E-state index contributed by atoms with van der Waals surface area (Å²) in [4.78, 5) is 20.4. The zero-order chi connectivity index (χ0) is 15.9. The second-order valence-electron chi connectivity index (χ2n) is 4.43. The predicted octanol–water partition coefficient (Wildman–Crippen LogP) is 2.44. The molecule has 0 spiro atoms. The standard InChI is InChI=1S/C13H10F2N4OS2/c1-22-13-17-12-16-8(5-9(20)19(12)18-13)11(21)6-3-2-4-7(14)10(6)15/h2-5,11,21H,1H3,(H,16,17,18). The molecule has 3 aromatic rings. The molecule has 0 aliphatic heterocycles. The largest absolute Gasteiger partial charge is 0.274 e. The van der Waals surface area contributed by atoms with Crippen LogP contribution < -0.4 is 5.56 Å². The molecule has 0 fully saturated rings. The van der Waals surface area contributed by atoms with E-state index in [1.54, 1.807) is 6.26 Å². The summed E-state index contributed by atoms with van der Waals surface area (Å²) >= 11 is 5.59. The van der Waals surface area contributed by atoms with E-state index in [4.69, 9.17) is 0 Å². The van der Waals surface area contributed by atoms with Gasteiger partial charge in [-0.25, -0.2) is 13.8 Å². The molecule has 0 aliphatic rings. The third-order valence-corrected chi connectivity index (χ3v) is 4.19. The first-order valence-electron chi connectivity index (χ1n) is 6.17. The van der Waals surface area contributed by atoms with Crippen LogP contribution in [0, 0.1) is 11.6 Å². The predicted molar refractivity (Wildman–Crippen MR) is 82.6 cm³/mol. The Morgan fingerprint density at radius 2 is 2.14 bits per heavy atom. The zero-order valence-corrected chi connectivity index (χ0v) is 13.0. The lowest BCUT2D eigenvalue weighted by molar-refractivity contribution is 0.500. The summed E-state index contributed by atoms with van der Waals surface area (Å²) in [5, 5.41) is 2.42. The fraction of sp³-hybridized carbons (Fsp3) is 0.154. The van der Waals surface area contributed by atoms with Crippen molar-refractivity contribution in [3.8, 4) is 0 Å². The van der Waals surface area contributed by atoms with Gasteiger partial charge in [0.05, 0.1) is 10.9 Å². The minimum Gasteiger partial charge on any atom is -0.267 e. The van der Waals surface area contributed by atoms with Crippen molar-refractivity contribution in [2.75, 3.05) is 6.26 Å². The number of hydrogen-bond donors (Lipinski definition) is 2. The minimum atomic E-state index is -1.00. The van der Waals surface area contributed by atoms with Gasteiger partial charge in [0.25, 0.3) is 11.3 Å². The van der Waals surface area contributed by atoms with E-state index in [0.29, 0.717) is 5.16 Å². The van der Waals surface area contributed by atoms with Gasteiger partial charge in [0, 0.05) is 11.6 Å². The molecule has 1 unspecified atom stereocenters. The summed E-state index contributed by atoms with van der Waals surface area (Å²) in [7, 11) is 0. The lowest BCUT2D eigenvalue weighted by atomic mass is 10.1. The third-order valence-electron chi connectivity index (χ3n) is 3.08. The molecule has 22 heavy (non-hydrogen) atoms. The highest BCUT2D eigenvalue weighted by molar-refractivity contribution is 7.98. The molecule has 3 rings (SSSR count). The van der Waals surface area contributed by atoms with Crippen LogP contribution in [0.15, 0.2) is 34.2 Å². The number of nitrogens with one attached hydrogen (secondary N) is 1. The van der Waals surface area contributed by atoms with E-state index in [1.165, 1.54) is 34.5 Å². The molecule has 0 bridgehead atoms. The molecule has 1 aromatic carbocycles. The number of hydrogen-bond acceptors (Lipinski definition) is 5. The van der Waals surface area contributed by atoms with Crippen LogP contribution in [0.2, 0.25) is 0 Å². The third kappa shape index (κ3) is 2.50. The maximum absolute atomic E-state index is 13.9. The molecule has 0 amide bonds. The van der Waals surface area contributed by atoms with Gasteiger partial charge in [-0.05, 0) is 12.3 Å². The summed E-state index contributed by atoms with van der Waals surface area (Å²) in [6, 6.07) is 5.01. The van der Waals surface area contributed by atoms with E-state index in [1.807, 2.05) is 0 Å². The van der Waals surface area contributed by atoms with Gasteiger partial charge in [-0.15, -0.1) is 0 Å². The molecule has 2 heterocycles. The average Bonchev–Trinajstić information content (AvgIpc) is 2.93. The smallest absolute Gasteiger partial charge is 0.267 e. The van der Waals surface area contributed by atoms with Crippen molar-refractivity contribution in [2.45, 2.75) is 10.4 Å². The Bertz CT molecular complexity index is 909. The van der Waals surface area contributed by atoms with E-state index in [9.17, 15) is 13.6 Å². The molecule has 0 saturated carbocycles. The second-order valence-corrected chi connectivity index (χ2v) is 5.74. The minimum absolute atomic E-state index is 0.0141. The number of thiol groups is 1. The van der Waals surface area contributed by atoms with Gasteiger partial charge in [0.1, 0.15) is 0 Å². The lowest BCUT2D eigenvalue weighted by Gasteiger charge is -2.11. The summed E-state index contributed by atoms with van der Waals surface area (Å²) < 4.78 is 28.4. The Labute approximate surface area is 133 Å². The maximum Gasteiger partial charge on any atom is 0.274 e. The zero-order valence-electron chi connectivity index (χ0n) is 11.2. The molecule has 114 valence electrons. The van der Waals surface area contributed by atoms with Crippen molar-refractivity contribution in [3.63, 3.8) is 0 Å². The Balaban J connectivity index is 2.13. The number of H-pyrrole nitrogens is 1. The van der Waals surface area contributed by atoms with Crippen molar-refractivity contribution in [3.05, 3.63) is 57.5 Å². The van der Waals surface area contributed by atoms with Crippen LogP contribution in [0.25, 0.3) is 5.78 Å². The van der Waals surface area contributed by atoms with Crippen molar-refractivity contribution in [2.24, 2.45) is 0 Å². The van der Waals surface area contributed by atoms with Crippen LogP contribution in [0.4, 0.5) is 8.78 Å². The number of benzene rings is 1. The normalized spacial score (nSPS) is 12.7. The topological polar surface area (TPSA) is 63.1 Å². The van der Waals surface area contributed by atoms with Crippen molar-refractivity contribution in [1.82, 2.24) is 19.6 Å². The molecule has 5 nitrogen and oxygen atoms in total. The molecular formula is C13H10F2N4OS2. The van der Waals surface area contributed by atoms with E-state index in [2.05, 4.69) is 27.7 Å². The summed E-state index contributed by atoms with van der Waals surface area (Å²) in [5.41, 5.74) is -0.180. The summed E-state index contributed by atoms with van der Waals surface area (Å²) in [6.07, 6.45) is 1.80. The number of aromatic nitrogens is 4. The van der Waals surface area contributed by atoms with E-state index < -0.39 is 22.4 Å². The first-order valence-corrected chi connectivity index (χ1v) is 7.91. The molecule has 2 aromatic heterocycles. The number of aromatic amines is 1. The van der Waals surface area contributed by atoms with Crippen molar-refractivity contribution in [1.29, 1.82) is 0 Å². The lowest BCUT2D eigenvalue weighted by Crippen LogP contribution is -2.17. The number of halogens is 2. The summed E-state index contributed by atoms with van der Waals surface area (Å²) in [5.74, 6) is -1.82. The van der Waals surface area contributed by atoms with Crippen LogP contribution in [0.1, 0.15) is 16.5 Å². The van der Waals surface area contributed by atoms with E-state index in [0.717, 1.165) is 6.07 Å². The molecule has 1 atom stereocenters. The van der Waals surface area contributed by atoms with Gasteiger partial charge in [-0.2, -0.15) is 22.1 Å². The van der Waals surface area contributed by atoms with Crippen LogP contribution in [-0.4, -0.2) is 25.8 Å². The number of thioether (sulfide) groups is 1. The van der Waals surface area contributed by atoms with E-state index in [-0.39, 0.29) is 17.0 Å². The van der Waals surface area contributed by atoms with Gasteiger partial charge in [0.2, 0.25) is 0 Å². The van der Waals surface area contributed by atoms with Crippen LogP contribution >= 0.6 is 24.4 Å². The number of rotatable bonds is 3. The van der Waals surface area contributed by atoms with Gasteiger partial charge in [-0.1, -0.05) is 23.9 Å². The Morgan fingerprint density at radius 3 is 2.86 bits per heavy atom. The highest BCUT2D eigenvalue weighted by Crippen LogP contribution is 2.29. The first-order chi connectivity index (χ1) is 10.5. The molecule has 1 N–H and O–H groups in total. The molecular weight excluding hydrogens is 330 g/mol. The first kappa shape index (κ1) is 15.0. The van der Waals surface area contributed by atoms with Gasteiger partial charge in [0.15, 0.2) is 16.8 Å². The molecule has 0 saturated heterocycles. The summed E-state index contributed by atoms with van der Waals surface area (Å²) in [6.45, 7) is 0. The second kappa shape index (κ2) is 5.73. The van der Waals surface area contributed by atoms with Gasteiger partial charge in [-0.3, -0.25) is 9.89 Å². The molecule has 0 aliphatic carbocycles. The Hall–Kier alpha value is -1.87. The van der Waals surface area contributed by atoms with Crippen molar-refractivity contribution >= 4 is 30.2 Å². The Morgan fingerprint density at radius 1 is 1.36 bits per heavy atom. The fourth-order valence-corrected chi connectivity index (χ4v) is 2.69. The van der Waals surface area contributed by atoms with Crippen LogP contribution in [0.5, 0.6) is 0 Å². The number of fused-ring (bicyclic) bond motifs is 1. The van der Waals surface area contributed by atoms with Crippen LogP contribution in [-0.2, 0) is 0 Å². The average molecular weight is 340 g/mol. The number of nitrogens with zero attached hydrogens (tertiary/aromatic N) is 3. The SMILES string of the molecule is CSc1nc2nc(C(S)c3cccc(F)c3F)cc(=O)n2[nH]1. The molecule has 9 heteroatoms. The highest BCUT2D eigenvalue weighted by Gasteiger charge is 2.20. The molecule has 0 radical (unpaired) electrons. The Kier molecular flexibility index (Phi) is 3.92. The van der Waals surface area contributed by atoms with Crippen LogP contribution in [0.3, 0.4) is 0 Å². The maximum atomic E-state index is 13.9. The fourth-order valence-electron chi connectivity index (χ4n) is 2.00. The quantitative estimate of drug-likeness (QED) is 0.568. The van der Waals surface area contributed by atoms with Gasteiger partial charge < -0.3 is 0 Å².